The second-order valence-electron chi connectivity index (χ2n) is 4.42. The lowest BCUT2D eigenvalue weighted by Gasteiger charge is -2.08. The van der Waals surface area contributed by atoms with Crippen molar-refractivity contribution in [3.05, 3.63) is 35.4 Å². The lowest BCUT2D eigenvalue weighted by atomic mass is 10.1. The van der Waals surface area contributed by atoms with Crippen LogP contribution >= 0.6 is 0 Å². The van der Waals surface area contributed by atoms with Crippen molar-refractivity contribution in [1.29, 1.82) is 0 Å². The van der Waals surface area contributed by atoms with E-state index in [9.17, 15) is 0 Å². The van der Waals surface area contributed by atoms with Crippen LogP contribution in [0.3, 0.4) is 0 Å². The number of ether oxygens (including phenoxy) is 1. The SMILES string of the molecule is CCCCCOCCNCc1ccccc1C. The first-order valence-electron chi connectivity index (χ1n) is 6.67. The summed E-state index contributed by atoms with van der Waals surface area (Å²) in [5, 5.41) is 3.41. The van der Waals surface area contributed by atoms with Gasteiger partial charge in [0.2, 0.25) is 0 Å². The van der Waals surface area contributed by atoms with E-state index in [-0.39, 0.29) is 0 Å². The predicted octanol–water partition coefficient (Wildman–Crippen LogP) is 3.29. The highest BCUT2D eigenvalue weighted by molar-refractivity contribution is 5.25. The molecule has 0 saturated carbocycles. The van der Waals surface area contributed by atoms with Crippen LogP contribution in [0.25, 0.3) is 0 Å². The molecule has 1 N–H and O–H groups in total. The summed E-state index contributed by atoms with van der Waals surface area (Å²) < 4.78 is 5.54. The van der Waals surface area contributed by atoms with Gasteiger partial charge in [-0.1, -0.05) is 44.0 Å². The van der Waals surface area contributed by atoms with E-state index in [4.69, 9.17) is 4.74 Å². The van der Waals surface area contributed by atoms with Crippen molar-refractivity contribution in [1.82, 2.24) is 5.32 Å². The number of rotatable bonds is 9. The number of hydrogen-bond donors (Lipinski definition) is 1. The van der Waals surface area contributed by atoms with Crippen molar-refractivity contribution in [3.63, 3.8) is 0 Å². The maximum absolute atomic E-state index is 5.54. The minimum absolute atomic E-state index is 0.815. The van der Waals surface area contributed by atoms with Gasteiger partial charge in [-0.3, -0.25) is 0 Å². The van der Waals surface area contributed by atoms with E-state index in [2.05, 4.69) is 43.4 Å². The second kappa shape index (κ2) is 9.20. The van der Waals surface area contributed by atoms with E-state index >= 15 is 0 Å². The van der Waals surface area contributed by atoms with Crippen LogP contribution in [0.15, 0.2) is 24.3 Å². The van der Waals surface area contributed by atoms with E-state index in [1.54, 1.807) is 0 Å². The summed E-state index contributed by atoms with van der Waals surface area (Å²) in [5.41, 5.74) is 2.72. The Hall–Kier alpha value is -0.860. The van der Waals surface area contributed by atoms with Gasteiger partial charge in [-0.25, -0.2) is 0 Å². The third-order valence-corrected chi connectivity index (χ3v) is 2.89. The van der Waals surface area contributed by atoms with Crippen LogP contribution < -0.4 is 5.32 Å². The summed E-state index contributed by atoms with van der Waals surface area (Å²) in [6.45, 7) is 7.95. The van der Waals surface area contributed by atoms with Crippen LogP contribution in [0.2, 0.25) is 0 Å². The van der Waals surface area contributed by atoms with E-state index in [0.29, 0.717) is 0 Å². The fourth-order valence-corrected chi connectivity index (χ4v) is 1.73. The Morgan fingerprint density at radius 1 is 1.12 bits per heavy atom. The standard InChI is InChI=1S/C15H25NO/c1-3-4-7-11-17-12-10-16-13-15-9-6-5-8-14(15)2/h5-6,8-9,16H,3-4,7,10-13H2,1-2H3. The van der Waals surface area contributed by atoms with E-state index in [1.165, 1.54) is 30.4 Å². The molecule has 0 aliphatic heterocycles. The van der Waals surface area contributed by atoms with E-state index in [0.717, 1.165) is 26.3 Å². The number of nitrogens with one attached hydrogen (secondary N) is 1. The predicted molar refractivity (Wildman–Crippen MR) is 73.2 cm³/mol. The molecule has 0 amide bonds. The maximum atomic E-state index is 5.54. The van der Waals surface area contributed by atoms with Gasteiger partial charge in [0.15, 0.2) is 0 Å². The highest BCUT2D eigenvalue weighted by atomic mass is 16.5. The Labute approximate surface area is 105 Å². The zero-order valence-corrected chi connectivity index (χ0v) is 11.2. The van der Waals surface area contributed by atoms with Crippen LogP contribution in [0.1, 0.15) is 37.3 Å². The summed E-state index contributed by atoms with van der Waals surface area (Å²) in [6, 6.07) is 8.49. The van der Waals surface area contributed by atoms with Crippen LogP contribution in [0.4, 0.5) is 0 Å². The monoisotopic (exact) mass is 235 g/mol. The zero-order valence-electron chi connectivity index (χ0n) is 11.2. The number of benzene rings is 1. The highest BCUT2D eigenvalue weighted by Gasteiger charge is 1.95. The molecule has 0 atom stereocenters. The van der Waals surface area contributed by atoms with Crippen LogP contribution in [-0.2, 0) is 11.3 Å². The molecular weight excluding hydrogens is 210 g/mol. The Morgan fingerprint density at radius 3 is 2.71 bits per heavy atom. The largest absolute Gasteiger partial charge is 0.380 e. The summed E-state index contributed by atoms with van der Waals surface area (Å²) in [7, 11) is 0. The topological polar surface area (TPSA) is 21.3 Å². The Bertz CT molecular complexity index is 299. The fraction of sp³-hybridized carbons (Fsp3) is 0.600. The lowest BCUT2D eigenvalue weighted by molar-refractivity contribution is 0.132. The number of unbranched alkanes of at least 4 members (excludes halogenated alkanes) is 2. The Kier molecular flexibility index (Phi) is 7.69. The second-order valence-corrected chi connectivity index (χ2v) is 4.42. The molecule has 0 saturated heterocycles. The van der Waals surface area contributed by atoms with E-state index in [1.807, 2.05) is 0 Å². The fourth-order valence-electron chi connectivity index (χ4n) is 1.73. The average Bonchev–Trinajstić information content (AvgIpc) is 2.35. The van der Waals surface area contributed by atoms with Crippen molar-refractivity contribution in [2.75, 3.05) is 19.8 Å². The summed E-state index contributed by atoms with van der Waals surface area (Å²) >= 11 is 0. The molecule has 17 heavy (non-hydrogen) atoms. The molecule has 1 aromatic rings. The summed E-state index contributed by atoms with van der Waals surface area (Å²) in [4.78, 5) is 0. The van der Waals surface area contributed by atoms with Crippen LogP contribution in [-0.4, -0.2) is 19.8 Å². The maximum Gasteiger partial charge on any atom is 0.0591 e. The first-order valence-corrected chi connectivity index (χ1v) is 6.67. The molecule has 0 radical (unpaired) electrons. The molecule has 0 aliphatic rings. The minimum Gasteiger partial charge on any atom is -0.380 e. The molecule has 96 valence electrons. The molecule has 0 unspecified atom stereocenters. The van der Waals surface area contributed by atoms with Gasteiger partial charge in [-0.2, -0.15) is 0 Å². The van der Waals surface area contributed by atoms with Crippen molar-refractivity contribution in [3.8, 4) is 0 Å². The van der Waals surface area contributed by atoms with Gasteiger partial charge < -0.3 is 10.1 Å². The molecule has 1 rings (SSSR count). The highest BCUT2D eigenvalue weighted by Crippen LogP contribution is 2.05. The minimum atomic E-state index is 0.815. The van der Waals surface area contributed by atoms with Gasteiger partial charge in [0, 0.05) is 19.7 Å². The van der Waals surface area contributed by atoms with Gasteiger partial charge in [-0.05, 0) is 24.5 Å². The van der Waals surface area contributed by atoms with Crippen molar-refractivity contribution in [2.24, 2.45) is 0 Å². The van der Waals surface area contributed by atoms with Crippen LogP contribution in [0, 0.1) is 6.92 Å². The first-order chi connectivity index (χ1) is 8.34. The smallest absolute Gasteiger partial charge is 0.0591 e. The molecule has 0 heterocycles. The molecule has 1 aromatic carbocycles. The van der Waals surface area contributed by atoms with Crippen LogP contribution in [0.5, 0.6) is 0 Å². The van der Waals surface area contributed by atoms with Crippen molar-refractivity contribution >= 4 is 0 Å². The summed E-state index contributed by atoms with van der Waals surface area (Å²) in [5.74, 6) is 0. The molecule has 0 spiro atoms. The normalized spacial score (nSPS) is 10.7. The molecule has 0 bridgehead atoms. The van der Waals surface area contributed by atoms with Gasteiger partial charge in [-0.15, -0.1) is 0 Å². The molecular formula is C15H25NO. The van der Waals surface area contributed by atoms with Crippen molar-refractivity contribution < 1.29 is 4.74 Å². The molecule has 2 nitrogen and oxygen atoms in total. The quantitative estimate of drug-likeness (QED) is 0.663. The average molecular weight is 235 g/mol. The first kappa shape index (κ1) is 14.2. The third-order valence-electron chi connectivity index (χ3n) is 2.89. The van der Waals surface area contributed by atoms with E-state index < -0.39 is 0 Å². The number of aryl methyl sites for hydroxylation is 1. The molecule has 2 heteroatoms. The third kappa shape index (κ3) is 6.44. The number of hydrogen-bond acceptors (Lipinski definition) is 2. The molecule has 0 aromatic heterocycles. The molecule has 0 fully saturated rings. The molecule has 0 aliphatic carbocycles. The Balaban J connectivity index is 1.99. The van der Waals surface area contributed by atoms with Gasteiger partial charge in [0.25, 0.3) is 0 Å². The van der Waals surface area contributed by atoms with Gasteiger partial charge >= 0.3 is 0 Å². The van der Waals surface area contributed by atoms with Crippen molar-refractivity contribution in [2.45, 2.75) is 39.7 Å². The summed E-state index contributed by atoms with van der Waals surface area (Å²) in [6.07, 6.45) is 3.72. The van der Waals surface area contributed by atoms with Gasteiger partial charge in [0.05, 0.1) is 6.61 Å². The zero-order chi connectivity index (χ0) is 12.3. The van der Waals surface area contributed by atoms with Gasteiger partial charge in [0.1, 0.15) is 0 Å². The lowest BCUT2D eigenvalue weighted by Crippen LogP contribution is -2.19. The Morgan fingerprint density at radius 2 is 1.94 bits per heavy atom.